The number of hydrogen-bond donors (Lipinski definition) is 4. The van der Waals surface area contributed by atoms with E-state index in [0.29, 0.717) is 5.56 Å². The van der Waals surface area contributed by atoms with Crippen LogP contribution in [0.1, 0.15) is 23.0 Å². The van der Waals surface area contributed by atoms with Gasteiger partial charge in [-0.15, -0.1) is 0 Å². The summed E-state index contributed by atoms with van der Waals surface area (Å²) in [7, 11) is 0. The quantitative estimate of drug-likeness (QED) is 0.338. The zero-order valence-corrected chi connectivity index (χ0v) is 17.8. The molecule has 2 amide bonds. The van der Waals surface area contributed by atoms with Gasteiger partial charge in [-0.05, 0) is 55.5 Å². The van der Waals surface area contributed by atoms with Crippen LogP contribution in [0.25, 0.3) is 22.3 Å². The van der Waals surface area contributed by atoms with Crippen LogP contribution >= 0.6 is 0 Å². The van der Waals surface area contributed by atoms with Crippen LogP contribution in [0.4, 0.5) is 24.7 Å². The monoisotopic (exact) mass is 468 g/mol. The maximum atomic E-state index is 12.9. The number of carbonyl (C=O) groups excluding carboxylic acids is 2. The lowest BCUT2D eigenvalue weighted by Crippen LogP contribution is -2.33. The second-order valence-electron chi connectivity index (χ2n) is 7.54. The number of alkyl halides is 3. The fourth-order valence-corrected chi connectivity index (χ4v) is 3.19. The number of aromatic nitrogens is 3. The van der Waals surface area contributed by atoms with Crippen LogP contribution < -0.4 is 16.4 Å². The number of halogens is 3. The molecule has 0 spiro atoms. The summed E-state index contributed by atoms with van der Waals surface area (Å²) in [5.74, 6) is -0.893. The Morgan fingerprint density at radius 2 is 1.76 bits per heavy atom. The topological polar surface area (TPSA) is 126 Å². The van der Waals surface area contributed by atoms with Crippen LogP contribution in [0.5, 0.6) is 0 Å². The molecule has 4 rings (SSSR count). The average Bonchev–Trinajstić information content (AvgIpc) is 3.26. The molecule has 2 heterocycles. The molecule has 2 aromatic heterocycles. The summed E-state index contributed by atoms with van der Waals surface area (Å²) in [4.78, 5) is 36.2. The third-order valence-electron chi connectivity index (χ3n) is 5.03. The van der Waals surface area contributed by atoms with Gasteiger partial charge >= 0.3 is 6.18 Å². The summed E-state index contributed by atoms with van der Waals surface area (Å²) >= 11 is 0. The average molecular weight is 468 g/mol. The predicted molar refractivity (Wildman–Crippen MR) is 121 cm³/mol. The van der Waals surface area contributed by atoms with Gasteiger partial charge in [0.2, 0.25) is 5.91 Å². The third kappa shape index (κ3) is 4.98. The number of aromatic amines is 1. The van der Waals surface area contributed by atoms with Crippen LogP contribution in [-0.4, -0.2) is 32.8 Å². The second kappa shape index (κ2) is 8.85. The van der Waals surface area contributed by atoms with E-state index in [1.807, 2.05) is 18.2 Å². The molecule has 0 radical (unpaired) electrons. The van der Waals surface area contributed by atoms with Crippen LogP contribution in [0.2, 0.25) is 0 Å². The summed E-state index contributed by atoms with van der Waals surface area (Å²) < 4.78 is 38.4. The third-order valence-corrected chi connectivity index (χ3v) is 5.03. The molecule has 0 saturated carbocycles. The first kappa shape index (κ1) is 22.8. The summed E-state index contributed by atoms with van der Waals surface area (Å²) in [6.45, 7) is 1.54. The van der Waals surface area contributed by atoms with Crippen molar-refractivity contribution >= 4 is 34.2 Å². The van der Waals surface area contributed by atoms with Crippen molar-refractivity contribution in [1.29, 1.82) is 0 Å². The molecular formula is C23H19F3N6O2. The highest BCUT2D eigenvalue weighted by Crippen LogP contribution is 2.30. The van der Waals surface area contributed by atoms with Crippen molar-refractivity contribution in [3.63, 3.8) is 0 Å². The van der Waals surface area contributed by atoms with Gasteiger partial charge in [0.1, 0.15) is 17.6 Å². The Kier molecular flexibility index (Phi) is 5.93. The standard InChI is InChI=1S/C23H19F3N6O2/c1-12(20(27)33)29-19-11-18(22(34)30-16-5-3-15(4-6-16)23(24,25)26)31-21(32-19)14-2-7-17-13(10-14)8-9-28-17/h2-12,28H,1H3,(H2,27,33)(H,30,34)(H,29,31,32). The van der Waals surface area contributed by atoms with E-state index in [9.17, 15) is 22.8 Å². The van der Waals surface area contributed by atoms with Gasteiger partial charge in [-0.1, -0.05) is 0 Å². The normalized spacial score (nSPS) is 12.4. The number of nitrogens with one attached hydrogen (secondary N) is 3. The lowest BCUT2D eigenvalue weighted by atomic mass is 10.1. The van der Waals surface area contributed by atoms with E-state index in [4.69, 9.17) is 5.73 Å². The van der Waals surface area contributed by atoms with E-state index in [1.165, 1.54) is 13.0 Å². The summed E-state index contributed by atoms with van der Waals surface area (Å²) in [6.07, 6.45) is -2.70. The van der Waals surface area contributed by atoms with E-state index >= 15 is 0 Å². The number of carbonyl (C=O) groups is 2. The molecule has 11 heteroatoms. The van der Waals surface area contributed by atoms with Crippen molar-refractivity contribution < 1.29 is 22.8 Å². The Balaban J connectivity index is 1.67. The zero-order valence-electron chi connectivity index (χ0n) is 17.8. The van der Waals surface area contributed by atoms with Gasteiger partial charge in [0.05, 0.1) is 5.56 Å². The molecule has 5 N–H and O–H groups in total. The van der Waals surface area contributed by atoms with Crippen LogP contribution in [0.3, 0.4) is 0 Å². The smallest absolute Gasteiger partial charge is 0.368 e. The number of nitrogens with zero attached hydrogens (tertiary/aromatic N) is 2. The molecule has 0 bridgehead atoms. The number of benzene rings is 2. The molecule has 4 aromatic rings. The molecule has 34 heavy (non-hydrogen) atoms. The SMILES string of the molecule is CC(Nc1cc(C(=O)Nc2ccc(C(F)(F)F)cc2)nc(-c2ccc3[nH]ccc3c2)n1)C(N)=O. The fraction of sp³-hybridized carbons (Fsp3) is 0.130. The van der Waals surface area contributed by atoms with Gasteiger partial charge in [0, 0.05) is 34.4 Å². The molecule has 0 fully saturated rings. The van der Waals surface area contributed by atoms with Gasteiger partial charge in [0.15, 0.2) is 5.82 Å². The van der Waals surface area contributed by atoms with Gasteiger partial charge in [0.25, 0.3) is 5.91 Å². The van der Waals surface area contributed by atoms with E-state index in [1.54, 1.807) is 12.3 Å². The Hall–Kier alpha value is -4.41. The molecule has 1 unspecified atom stereocenters. The number of rotatable bonds is 6. The summed E-state index contributed by atoms with van der Waals surface area (Å²) in [5.41, 5.74) is 6.11. The number of fused-ring (bicyclic) bond motifs is 1. The van der Waals surface area contributed by atoms with E-state index in [0.717, 1.165) is 35.2 Å². The zero-order chi connectivity index (χ0) is 24.5. The Morgan fingerprint density at radius 1 is 1.03 bits per heavy atom. The maximum Gasteiger partial charge on any atom is 0.416 e. The number of hydrogen-bond acceptors (Lipinski definition) is 5. The fourth-order valence-electron chi connectivity index (χ4n) is 3.19. The minimum absolute atomic E-state index is 0.0572. The number of anilines is 2. The van der Waals surface area contributed by atoms with Crippen molar-refractivity contribution in [2.24, 2.45) is 5.73 Å². The van der Waals surface area contributed by atoms with Gasteiger partial charge in [-0.2, -0.15) is 13.2 Å². The number of nitrogens with two attached hydrogens (primary N) is 1. The van der Waals surface area contributed by atoms with E-state index in [2.05, 4.69) is 25.6 Å². The molecule has 0 saturated heterocycles. The first-order chi connectivity index (χ1) is 16.1. The van der Waals surface area contributed by atoms with Crippen molar-refractivity contribution in [3.8, 4) is 11.4 Å². The predicted octanol–water partition coefficient (Wildman–Crippen LogP) is 4.18. The minimum atomic E-state index is -4.48. The van der Waals surface area contributed by atoms with Crippen molar-refractivity contribution in [1.82, 2.24) is 15.0 Å². The van der Waals surface area contributed by atoms with Crippen molar-refractivity contribution in [3.05, 3.63) is 72.1 Å². The molecule has 2 aromatic carbocycles. The molecule has 0 aliphatic carbocycles. The Bertz CT molecular complexity index is 1370. The van der Waals surface area contributed by atoms with Crippen LogP contribution in [-0.2, 0) is 11.0 Å². The molecule has 174 valence electrons. The van der Waals surface area contributed by atoms with Crippen LogP contribution in [0.15, 0.2) is 60.8 Å². The van der Waals surface area contributed by atoms with Crippen molar-refractivity contribution in [2.75, 3.05) is 10.6 Å². The van der Waals surface area contributed by atoms with E-state index < -0.39 is 29.6 Å². The highest BCUT2D eigenvalue weighted by molar-refractivity contribution is 6.03. The lowest BCUT2D eigenvalue weighted by Gasteiger charge is -2.14. The summed E-state index contributed by atoms with van der Waals surface area (Å²) in [5, 5.41) is 6.26. The summed E-state index contributed by atoms with van der Waals surface area (Å²) in [6, 6.07) is 11.9. The Labute approximate surface area is 191 Å². The number of H-pyrrole nitrogens is 1. The minimum Gasteiger partial charge on any atom is -0.368 e. The highest BCUT2D eigenvalue weighted by atomic mass is 19.4. The molecule has 0 aliphatic rings. The lowest BCUT2D eigenvalue weighted by molar-refractivity contribution is -0.137. The van der Waals surface area contributed by atoms with Gasteiger partial charge in [-0.3, -0.25) is 9.59 Å². The molecule has 8 nitrogen and oxygen atoms in total. The van der Waals surface area contributed by atoms with Crippen LogP contribution in [0, 0.1) is 0 Å². The van der Waals surface area contributed by atoms with Gasteiger partial charge in [-0.25, -0.2) is 9.97 Å². The maximum absolute atomic E-state index is 12.9. The highest BCUT2D eigenvalue weighted by Gasteiger charge is 2.30. The second-order valence-corrected chi connectivity index (χ2v) is 7.54. The molecular weight excluding hydrogens is 449 g/mol. The van der Waals surface area contributed by atoms with E-state index in [-0.39, 0.29) is 23.0 Å². The molecule has 0 aliphatic heterocycles. The first-order valence-corrected chi connectivity index (χ1v) is 10.1. The Morgan fingerprint density at radius 3 is 2.44 bits per heavy atom. The first-order valence-electron chi connectivity index (χ1n) is 10.1. The van der Waals surface area contributed by atoms with Gasteiger partial charge < -0.3 is 21.4 Å². The van der Waals surface area contributed by atoms with Crippen molar-refractivity contribution in [2.45, 2.75) is 19.1 Å². The number of primary amides is 1. The number of amides is 2. The molecule has 1 atom stereocenters. The largest absolute Gasteiger partial charge is 0.416 e.